The van der Waals surface area contributed by atoms with Crippen LogP contribution in [0.3, 0.4) is 0 Å². The van der Waals surface area contributed by atoms with Crippen molar-refractivity contribution in [3.05, 3.63) is 41.6 Å². The SMILES string of the molecule is CC1=CNC(Nc2ccc(C3CCN(C)CC3)cc2)=NC1(C)N(C1CCCC1)C1(C)CCNC1=O. The van der Waals surface area contributed by atoms with Crippen LogP contribution in [0.1, 0.15) is 77.2 Å². The van der Waals surface area contributed by atoms with Crippen molar-refractivity contribution >= 4 is 17.6 Å². The normalized spacial score (nSPS) is 30.7. The first-order valence-corrected chi connectivity index (χ1v) is 13.5. The molecule has 4 aliphatic rings. The van der Waals surface area contributed by atoms with Crippen LogP contribution in [0.5, 0.6) is 0 Å². The summed E-state index contributed by atoms with van der Waals surface area (Å²) in [6, 6.07) is 9.21. The van der Waals surface area contributed by atoms with Gasteiger partial charge in [-0.2, -0.15) is 0 Å². The molecular formula is C28H42N6O. The van der Waals surface area contributed by atoms with Gasteiger partial charge in [-0.1, -0.05) is 25.0 Å². The fourth-order valence-corrected chi connectivity index (χ4v) is 6.63. The second-order valence-electron chi connectivity index (χ2n) is 11.4. The van der Waals surface area contributed by atoms with Crippen molar-refractivity contribution in [3.63, 3.8) is 0 Å². The number of rotatable bonds is 5. The molecule has 0 aromatic heterocycles. The molecule has 3 heterocycles. The van der Waals surface area contributed by atoms with Gasteiger partial charge in [0.2, 0.25) is 11.9 Å². The van der Waals surface area contributed by atoms with Crippen LogP contribution in [0.15, 0.2) is 41.0 Å². The topological polar surface area (TPSA) is 72.0 Å². The smallest absolute Gasteiger partial charge is 0.240 e. The zero-order valence-electron chi connectivity index (χ0n) is 21.9. The van der Waals surface area contributed by atoms with E-state index in [9.17, 15) is 4.79 Å². The quantitative estimate of drug-likeness (QED) is 0.597. The van der Waals surface area contributed by atoms with Crippen molar-refractivity contribution < 1.29 is 4.79 Å². The number of piperidine rings is 1. The highest BCUT2D eigenvalue weighted by molar-refractivity contribution is 5.95. The number of amides is 1. The highest BCUT2D eigenvalue weighted by Gasteiger charge is 2.54. The van der Waals surface area contributed by atoms with Crippen molar-refractivity contribution in [2.75, 3.05) is 32.0 Å². The Kier molecular flexibility index (Phi) is 6.66. The summed E-state index contributed by atoms with van der Waals surface area (Å²) in [5, 5.41) is 9.96. The first-order chi connectivity index (χ1) is 16.8. The van der Waals surface area contributed by atoms with Gasteiger partial charge in [0.15, 0.2) is 0 Å². The lowest BCUT2D eigenvalue weighted by Gasteiger charge is -2.51. The van der Waals surface area contributed by atoms with E-state index in [1.807, 2.05) is 0 Å². The zero-order valence-corrected chi connectivity index (χ0v) is 21.9. The molecule has 0 bridgehead atoms. The van der Waals surface area contributed by atoms with Gasteiger partial charge < -0.3 is 20.9 Å². The molecule has 1 aromatic rings. The maximum atomic E-state index is 13.1. The second-order valence-corrected chi connectivity index (χ2v) is 11.4. The third-order valence-corrected chi connectivity index (χ3v) is 8.94. The molecule has 3 aliphatic heterocycles. The van der Waals surface area contributed by atoms with Crippen LogP contribution < -0.4 is 16.0 Å². The minimum absolute atomic E-state index is 0.131. The van der Waals surface area contributed by atoms with Crippen LogP contribution in [0.25, 0.3) is 0 Å². The molecule has 1 amide bonds. The van der Waals surface area contributed by atoms with E-state index in [1.165, 1.54) is 44.3 Å². The van der Waals surface area contributed by atoms with Gasteiger partial charge in [0.1, 0.15) is 11.2 Å². The Bertz CT molecular complexity index is 989. The summed E-state index contributed by atoms with van der Waals surface area (Å²) in [6.45, 7) is 9.49. The molecular weight excluding hydrogens is 436 g/mol. The van der Waals surface area contributed by atoms with E-state index in [4.69, 9.17) is 4.99 Å². The molecule has 3 N–H and O–H groups in total. The van der Waals surface area contributed by atoms with E-state index in [2.05, 4.69) is 84.0 Å². The summed E-state index contributed by atoms with van der Waals surface area (Å²) in [5.74, 6) is 1.51. The Hall–Kier alpha value is -2.38. The molecule has 3 fully saturated rings. The van der Waals surface area contributed by atoms with Gasteiger partial charge in [0, 0.05) is 24.5 Å². The van der Waals surface area contributed by atoms with Crippen molar-refractivity contribution in [3.8, 4) is 0 Å². The molecule has 1 saturated carbocycles. The first kappa shape index (κ1) is 24.3. The standard InChI is InChI=1S/C28H42N6O/c1-20-19-30-26(31-23-11-9-21(10-12-23)22-13-17-33(4)18-14-22)32-28(20,3)34(24-7-5-6-8-24)27(2)15-16-29-25(27)35/h9-12,19,22,24H,5-8,13-18H2,1-4H3,(H,29,35)(H2,30,31,32). The molecule has 0 spiro atoms. The van der Waals surface area contributed by atoms with E-state index < -0.39 is 11.2 Å². The minimum atomic E-state index is -0.590. The maximum absolute atomic E-state index is 13.1. The number of benzene rings is 1. The summed E-state index contributed by atoms with van der Waals surface area (Å²) in [6.07, 6.45) is 10.00. The fraction of sp³-hybridized carbons (Fsp3) is 0.643. The molecule has 1 aliphatic carbocycles. The Labute approximate surface area is 210 Å². The number of nitrogens with zero attached hydrogens (tertiary/aromatic N) is 3. The number of likely N-dealkylation sites (tertiary alicyclic amines) is 1. The lowest BCUT2D eigenvalue weighted by Crippen LogP contribution is -2.65. The molecule has 5 rings (SSSR count). The molecule has 35 heavy (non-hydrogen) atoms. The van der Waals surface area contributed by atoms with Crippen LogP contribution in [-0.4, -0.2) is 65.6 Å². The maximum Gasteiger partial charge on any atom is 0.240 e. The number of guanidine groups is 1. The number of aliphatic imine (C=N–C) groups is 1. The number of anilines is 1. The lowest BCUT2D eigenvalue weighted by atomic mass is 9.87. The third kappa shape index (κ3) is 4.60. The zero-order chi connectivity index (χ0) is 24.6. The fourth-order valence-electron chi connectivity index (χ4n) is 6.63. The Morgan fingerprint density at radius 3 is 2.40 bits per heavy atom. The number of nitrogens with one attached hydrogen (secondary N) is 3. The molecule has 7 nitrogen and oxygen atoms in total. The summed E-state index contributed by atoms with van der Waals surface area (Å²) < 4.78 is 0. The van der Waals surface area contributed by atoms with Crippen molar-refractivity contribution in [2.24, 2.45) is 4.99 Å². The highest BCUT2D eigenvalue weighted by atomic mass is 16.2. The van der Waals surface area contributed by atoms with Crippen molar-refractivity contribution in [1.82, 2.24) is 20.4 Å². The summed E-state index contributed by atoms with van der Waals surface area (Å²) >= 11 is 0. The van der Waals surface area contributed by atoms with E-state index in [0.29, 0.717) is 12.0 Å². The number of carbonyl (C=O) groups excluding carboxylic acids is 1. The van der Waals surface area contributed by atoms with E-state index >= 15 is 0 Å². The average Bonchev–Trinajstić information content (AvgIpc) is 3.48. The molecule has 2 unspecified atom stereocenters. The second kappa shape index (κ2) is 9.58. The Morgan fingerprint density at radius 1 is 1.09 bits per heavy atom. The van der Waals surface area contributed by atoms with Crippen LogP contribution >= 0.6 is 0 Å². The summed E-state index contributed by atoms with van der Waals surface area (Å²) in [4.78, 5) is 23.2. The van der Waals surface area contributed by atoms with Gasteiger partial charge in [-0.05, 0) is 102 Å². The van der Waals surface area contributed by atoms with Gasteiger partial charge in [-0.25, -0.2) is 4.99 Å². The molecule has 190 valence electrons. The van der Waals surface area contributed by atoms with Crippen molar-refractivity contribution in [2.45, 2.75) is 88.9 Å². The van der Waals surface area contributed by atoms with E-state index in [-0.39, 0.29) is 5.91 Å². The monoisotopic (exact) mass is 478 g/mol. The van der Waals surface area contributed by atoms with Crippen LogP contribution in [0, 0.1) is 0 Å². The predicted molar refractivity (Wildman–Crippen MR) is 142 cm³/mol. The van der Waals surface area contributed by atoms with Gasteiger partial charge >= 0.3 is 0 Å². The largest absolute Gasteiger partial charge is 0.354 e. The van der Waals surface area contributed by atoms with Gasteiger partial charge in [-0.15, -0.1) is 0 Å². The van der Waals surface area contributed by atoms with Crippen LogP contribution in [0.2, 0.25) is 0 Å². The van der Waals surface area contributed by atoms with Crippen molar-refractivity contribution in [1.29, 1.82) is 0 Å². The van der Waals surface area contributed by atoms with Gasteiger partial charge in [-0.3, -0.25) is 9.69 Å². The number of hydrogen-bond donors (Lipinski definition) is 3. The first-order valence-electron chi connectivity index (χ1n) is 13.5. The molecule has 0 radical (unpaired) electrons. The van der Waals surface area contributed by atoms with Crippen LogP contribution in [-0.2, 0) is 4.79 Å². The predicted octanol–water partition coefficient (Wildman–Crippen LogP) is 4.01. The van der Waals surface area contributed by atoms with Gasteiger partial charge in [0.25, 0.3) is 0 Å². The Morgan fingerprint density at radius 2 is 1.77 bits per heavy atom. The summed E-state index contributed by atoms with van der Waals surface area (Å²) in [5.41, 5.74) is 2.44. The minimum Gasteiger partial charge on any atom is -0.354 e. The van der Waals surface area contributed by atoms with Gasteiger partial charge in [0.05, 0.1) is 0 Å². The lowest BCUT2D eigenvalue weighted by molar-refractivity contribution is -0.135. The molecule has 2 saturated heterocycles. The average molecular weight is 479 g/mol. The number of hydrogen-bond acceptors (Lipinski definition) is 6. The third-order valence-electron chi connectivity index (χ3n) is 8.94. The summed E-state index contributed by atoms with van der Waals surface area (Å²) in [7, 11) is 2.21. The number of carbonyl (C=O) groups is 1. The molecule has 1 aromatic carbocycles. The van der Waals surface area contributed by atoms with Crippen LogP contribution in [0.4, 0.5) is 5.69 Å². The molecule has 7 heteroatoms. The van der Waals surface area contributed by atoms with E-state index in [0.717, 1.165) is 43.0 Å². The highest BCUT2D eigenvalue weighted by Crippen LogP contribution is 2.43. The molecule has 2 atom stereocenters. The van der Waals surface area contributed by atoms with E-state index in [1.54, 1.807) is 0 Å². The Balaban J connectivity index is 1.38.